The zero-order valence-electron chi connectivity index (χ0n) is 11.5. The van der Waals surface area contributed by atoms with E-state index >= 15 is 0 Å². The molecule has 4 heteroatoms. The molecule has 2 rings (SSSR count). The Balaban J connectivity index is 2.20. The summed E-state index contributed by atoms with van der Waals surface area (Å²) < 4.78 is 5.86. The molecule has 0 N–H and O–H groups in total. The van der Waals surface area contributed by atoms with Gasteiger partial charge in [0.25, 0.3) is 0 Å². The van der Waals surface area contributed by atoms with E-state index < -0.39 is 9.04 Å². The lowest BCUT2D eigenvalue weighted by Crippen LogP contribution is -2.11. The van der Waals surface area contributed by atoms with Crippen molar-refractivity contribution < 1.29 is 4.43 Å². The second kappa shape index (κ2) is 6.29. The van der Waals surface area contributed by atoms with Gasteiger partial charge in [-0.25, -0.2) is 0 Å². The third kappa shape index (κ3) is 4.03. The number of aromatic nitrogens is 1. The van der Waals surface area contributed by atoms with Crippen molar-refractivity contribution in [2.75, 3.05) is 0 Å². The zero-order valence-corrected chi connectivity index (χ0v) is 12.7. The molecule has 0 saturated heterocycles. The molecule has 0 unspecified atom stereocenters. The molecule has 3 nitrogen and oxygen atoms in total. The smallest absolute Gasteiger partial charge is 0.229 e. The van der Waals surface area contributed by atoms with Gasteiger partial charge >= 0.3 is 0 Å². The van der Waals surface area contributed by atoms with Crippen molar-refractivity contribution >= 4 is 20.9 Å². The van der Waals surface area contributed by atoms with Gasteiger partial charge in [-0.2, -0.15) is 0 Å². The predicted molar refractivity (Wildman–Crippen MR) is 82.2 cm³/mol. The lowest BCUT2D eigenvalue weighted by Gasteiger charge is -2.11. The van der Waals surface area contributed by atoms with E-state index in [4.69, 9.17) is 4.43 Å². The van der Waals surface area contributed by atoms with Gasteiger partial charge in [0.05, 0.1) is 11.9 Å². The fourth-order valence-electron chi connectivity index (χ4n) is 1.61. The number of aliphatic imine (C=N–C) groups is 1. The van der Waals surface area contributed by atoms with E-state index in [1.165, 1.54) is 0 Å². The van der Waals surface area contributed by atoms with E-state index in [2.05, 4.69) is 23.1 Å². The summed E-state index contributed by atoms with van der Waals surface area (Å²) in [7, 11) is -1.12. The van der Waals surface area contributed by atoms with Gasteiger partial charge in [0.15, 0.2) is 0 Å². The molecule has 0 aliphatic heterocycles. The van der Waals surface area contributed by atoms with Gasteiger partial charge in [0.1, 0.15) is 11.4 Å². The Kier molecular flexibility index (Phi) is 4.47. The summed E-state index contributed by atoms with van der Waals surface area (Å²) in [6.45, 7) is 6.30. The first kappa shape index (κ1) is 13.5. The minimum Gasteiger partial charge on any atom is -0.546 e. The first-order valence-electron chi connectivity index (χ1n) is 6.37. The summed E-state index contributed by atoms with van der Waals surface area (Å²) in [6, 6.07) is 11.8. The number of aryl methyl sites for hydroxylation is 1. The number of pyridine rings is 1. The molecule has 2 aromatic rings. The van der Waals surface area contributed by atoms with Crippen LogP contribution in [0.2, 0.25) is 13.1 Å². The van der Waals surface area contributed by atoms with Crippen molar-refractivity contribution in [3.8, 4) is 5.75 Å². The highest BCUT2D eigenvalue weighted by molar-refractivity contribution is 6.49. The summed E-state index contributed by atoms with van der Waals surface area (Å²) in [4.78, 5) is 8.77. The van der Waals surface area contributed by atoms with Crippen LogP contribution in [0.4, 0.5) is 5.69 Å². The maximum absolute atomic E-state index is 5.86. The maximum atomic E-state index is 5.86. The molecule has 0 saturated carbocycles. The first-order valence-corrected chi connectivity index (χ1v) is 9.15. The minimum atomic E-state index is -1.12. The van der Waals surface area contributed by atoms with Crippen molar-refractivity contribution in [3.05, 3.63) is 53.9 Å². The van der Waals surface area contributed by atoms with Gasteiger partial charge < -0.3 is 4.43 Å². The van der Waals surface area contributed by atoms with Crippen LogP contribution in [-0.2, 0) is 0 Å². The highest BCUT2D eigenvalue weighted by Crippen LogP contribution is 2.27. The second-order valence-corrected chi connectivity index (χ2v) is 6.99. The summed E-state index contributed by atoms with van der Waals surface area (Å²) in [6.07, 6.45) is 3.61. The normalized spacial score (nSPS) is 11.2. The molecule has 0 amide bonds. The molecule has 0 aliphatic carbocycles. The minimum absolute atomic E-state index is 0.849. The zero-order chi connectivity index (χ0) is 13.7. The Labute approximate surface area is 115 Å². The molecule has 0 fully saturated rings. The first-order chi connectivity index (χ1) is 9.15. The van der Waals surface area contributed by atoms with E-state index in [1.807, 2.05) is 49.5 Å². The Morgan fingerprint density at radius 2 is 1.95 bits per heavy atom. The van der Waals surface area contributed by atoms with Crippen LogP contribution in [0.15, 0.2) is 47.6 Å². The van der Waals surface area contributed by atoms with Crippen molar-refractivity contribution in [1.29, 1.82) is 0 Å². The third-order valence-corrected chi connectivity index (χ3v) is 3.22. The fraction of sp³-hybridized carbons (Fsp3) is 0.200. The van der Waals surface area contributed by atoms with Gasteiger partial charge in [-0.3, -0.25) is 9.98 Å². The van der Waals surface area contributed by atoms with Crippen molar-refractivity contribution in [1.82, 2.24) is 4.98 Å². The van der Waals surface area contributed by atoms with E-state index in [9.17, 15) is 0 Å². The number of nitrogens with zero attached hydrogens (tertiary/aromatic N) is 2. The largest absolute Gasteiger partial charge is 0.546 e. The molecule has 1 aromatic heterocycles. The molecule has 1 aromatic carbocycles. The van der Waals surface area contributed by atoms with Crippen LogP contribution in [0.3, 0.4) is 0 Å². The van der Waals surface area contributed by atoms with Gasteiger partial charge in [0.2, 0.25) is 9.04 Å². The SMILES string of the molecule is Cc1ccc(C=Nc2ccccc2O[SiH](C)C)nc1. The fourth-order valence-corrected chi connectivity index (χ4v) is 2.32. The van der Waals surface area contributed by atoms with Gasteiger partial charge in [-0.1, -0.05) is 18.2 Å². The number of hydrogen-bond donors (Lipinski definition) is 0. The average molecular weight is 270 g/mol. The highest BCUT2D eigenvalue weighted by Gasteiger charge is 2.03. The molecule has 98 valence electrons. The lowest BCUT2D eigenvalue weighted by molar-refractivity contribution is 0.582. The van der Waals surface area contributed by atoms with Crippen molar-refractivity contribution in [3.63, 3.8) is 0 Å². The van der Waals surface area contributed by atoms with Gasteiger partial charge in [0, 0.05) is 6.20 Å². The Hall–Kier alpha value is -1.94. The number of benzene rings is 1. The van der Waals surface area contributed by atoms with Crippen LogP contribution in [-0.4, -0.2) is 20.2 Å². The number of hydrogen-bond acceptors (Lipinski definition) is 3. The molecule has 0 aliphatic rings. The van der Waals surface area contributed by atoms with E-state index in [-0.39, 0.29) is 0 Å². The quantitative estimate of drug-likeness (QED) is 0.629. The molecule has 0 bridgehead atoms. The Morgan fingerprint density at radius 1 is 1.16 bits per heavy atom. The molecular weight excluding hydrogens is 252 g/mol. The lowest BCUT2D eigenvalue weighted by atomic mass is 10.3. The summed E-state index contributed by atoms with van der Waals surface area (Å²) in [5.41, 5.74) is 2.85. The summed E-state index contributed by atoms with van der Waals surface area (Å²) in [5.74, 6) is 0.854. The van der Waals surface area contributed by atoms with Crippen LogP contribution in [0.1, 0.15) is 11.3 Å². The predicted octanol–water partition coefficient (Wildman–Crippen LogP) is 3.50. The number of rotatable bonds is 4. The van der Waals surface area contributed by atoms with Crippen LogP contribution >= 0.6 is 0 Å². The van der Waals surface area contributed by atoms with E-state index in [0.717, 1.165) is 22.7 Å². The topological polar surface area (TPSA) is 34.5 Å². The van der Waals surface area contributed by atoms with Gasteiger partial charge in [-0.15, -0.1) is 0 Å². The van der Waals surface area contributed by atoms with Crippen LogP contribution in [0.5, 0.6) is 5.75 Å². The second-order valence-electron chi connectivity index (χ2n) is 4.65. The standard InChI is InChI=1S/C15H18N2OSi/c1-12-8-9-13(16-10-12)11-17-14-6-4-5-7-15(14)18-19(2)3/h4-11,19H,1-3H3. The van der Waals surface area contributed by atoms with Crippen molar-refractivity contribution in [2.45, 2.75) is 20.0 Å². The molecule has 0 atom stereocenters. The monoisotopic (exact) mass is 270 g/mol. The maximum Gasteiger partial charge on any atom is 0.229 e. The molecule has 0 spiro atoms. The average Bonchev–Trinajstić information content (AvgIpc) is 2.39. The van der Waals surface area contributed by atoms with Crippen LogP contribution < -0.4 is 4.43 Å². The highest BCUT2D eigenvalue weighted by atomic mass is 28.3. The van der Waals surface area contributed by atoms with E-state index in [0.29, 0.717) is 0 Å². The molecule has 19 heavy (non-hydrogen) atoms. The van der Waals surface area contributed by atoms with Crippen LogP contribution in [0.25, 0.3) is 0 Å². The van der Waals surface area contributed by atoms with Crippen LogP contribution in [0, 0.1) is 6.92 Å². The number of para-hydroxylation sites is 2. The van der Waals surface area contributed by atoms with Crippen molar-refractivity contribution in [2.24, 2.45) is 4.99 Å². The summed E-state index contributed by atoms with van der Waals surface area (Å²) in [5, 5.41) is 0. The van der Waals surface area contributed by atoms with E-state index in [1.54, 1.807) is 6.21 Å². The third-order valence-electron chi connectivity index (χ3n) is 2.50. The Morgan fingerprint density at radius 3 is 2.63 bits per heavy atom. The summed E-state index contributed by atoms with van der Waals surface area (Å²) >= 11 is 0. The molecule has 1 heterocycles. The van der Waals surface area contributed by atoms with Gasteiger partial charge in [-0.05, 0) is 43.8 Å². The Bertz CT molecular complexity index is 565. The molecular formula is C15H18N2OSi. The molecule has 0 radical (unpaired) electrons.